The van der Waals surface area contributed by atoms with E-state index in [1.807, 2.05) is 18.2 Å². The lowest BCUT2D eigenvalue weighted by molar-refractivity contribution is 0.297. The molecule has 2 heterocycles. The van der Waals surface area contributed by atoms with Gasteiger partial charge in [-0.15, -0.1) is 11.3 Å². The highest BCUT2D eigenvalue weighted by Crippen LogP contribution is 2.35. The predicted octanol–water partition coefficient (Wildman–Crippen LogP) is 3.64. The highest BCUT2D eigenvalue weighted by Gasteiger charge is 2.14. The zero-order chi connectivity index (χ0) is 14.7. The van der Waals surface area contributed by atoms with E-state index in [0.29, 0.717) is 13.2 Å². The summed E-state index contributed by atoms with van der Waals surface area (Å²) in [5.74, 6) is 1.65. The third-order valence-corrected chi connectivity index (χ3v) is 4.38. The van der Waals surface area contributed by atoms with Gasteiger partial charge in [-0.1, -0.05) is 6.92 Å². The summed E-state index contributed by atoms with van der Waals surface area (Å²) in [6, 6.07) is 6.33. The number of rotatable bonds is 4. The Morgan fingerprint density at radius 1 is 1.29 bits per heavy atom. The number of fused-ring (bicyclic) bond motifs is 1. The van der Waals surface area contributed by atoms with Gasteiger partial charge in [0, 0.05) is 23.4 Å². The molecular formula is C16H20N2O2S. The van der Waals surface area contributed by atoms with Gasteiger partial charge in [-0.3, -0.25) is 0 Å². The summed E-state index contributed by atoms with van der Waals surface area (Å²) in [7, 11) is 0. The Hall–Kier alpha value is -1.59. The molecule has 2 aromatic rings. The van der Waals surface area contributed by atoms with Gasteiger partial charge in [0.15, 0.2) is 11.5 Å². The standard InChI is InChI=1S/C16H20N2O2S/c1-3-17-11(2)13-10-21-16(18-13)12-5-6-14-15(9-12)20-8-4-7-19-14/h5-6,9-11,17H,3-4,7-8H2,1-2H3. The fourth-order valence-corrected chi connectivity index (χ4v) is 3.24. The van der Waals surface area contributed by atoms with E-state index >= 15 is 0 Å². The summed E-state index contributed by atoms with van der Waals surface area (Å²) in [5.41, 5.74) is 2.17. The van der Waals surface area contributed by atoms with E-state index in [4.69, 9.17) is 14.5 Å². The maximum absolute atomic E-state index is 5.74. The van der Waals surface area contributed by atoms with E-state index in [9.17, 15) is 0 Å². The second kappa shape index (κ2) is 6.45. The maximum Gasteiger partial charge on any atom is 0.161 e. The first-order valence-corrected chi connectivity index (χ1v) is 8.24. The van der Waals surface area contributed by atoms with Gasteiger partial charge in [0.05, 0.1) is 18.9 Å². The topological polar surface area (TPSA) is 43.4 Å². The lowest BCUT2D eigenvalue weighted by Gasteiger charge is -2.09. The first kappa shape index (κ1) is 14.4. The molecule has 1 atom stereocenters. The van der Waals surface area contributed by atoms with Crippen LogP contribution in [0, 0.1) is 0 Å². The second-order valence-corrected chi connectivity index (χ2v) is 5.93. The average Bonchev–Trinajstić information content (AvgIpc) is 2.87. The zero-order valence-electron chi connectivity index (χ0n) is 12.4. The Morgan fingerprint density at radius 3 is 2.90 bits per heavy atom. The molecule has 0 fully saturated rings. The number of hydrogen-bond donors (Lipinski definition) is 1. The molecule has 5 heteroatoms. The number of benzene rings is 1. The summed E-state index contributed by atoms with van der Waals surface area (Å²) in [6.07, 6.45) is 0.922. The summed E-state index contributed by atoms with van der Waals surface area (Å²) in [5, 5.41) is 6.52. The molecule has 0 radical (unpaired) electrons. The van der Waals surface area contributed by atoms with Crippen LogP contribution in [0.4, 0.5) is 0 Å². The van der Waals surface area contributed by atoms with Gasteiger partial charge in [0.25, 0.3) is 0 Å². The summed E-state index contributed by atoms with van der Waals surface area (Å²) in [4.78, 5) is 4.73. The molecule has 0 saturated carbocycles. The normalized spacial score (nSPS) is 15.5. The number of ether oxygens (including phenoxy) is 2. The molecular weight excluding hydrogens is 284 g/mol. The number of hydrogen-bond acceptors (Lipinski definition) is 5. The third-order valence-electron chi connectivity index (χ3n) is 3.47. The molecule has 1 aromatic carbocycles. The quantitative estimate of drug-likeness (QED) is 0.936. The van der Waals surface area contributed by atoms with Crippen LogP contribution in [0.1, 0.15) is 32.0 Å². The van der Waals surface area contributed by atoms with Crippen LogP contribution in [0.15, 0.2) is 23.6 Å². The molecule has 4 nitrogen and oxygen atoms in total. The van der Waals surface area contributed by atoms with Crippen molar-refractivity contribution in [2.75, 3.05) is 19.8 Å². The Labute approximate surface area is 129 Å². The Kier molecular flexibility index (Phi) is 4.41. The molecule has 1 aromatic heterocycles. The minimum atomic E-state index is 0.278. The molecule has 1 aliphatic heterocycles. The van der Waals surface area contributed by atoms with Crippen LogP contribution in [-0.4, -0.2) is 24.7 Å². The van der Waals surface area contributed by atoms with Gasteiger partial charge in [-0.05, 0) is 31.7 Å². The molecule has 1 aliphatic rings. The molecule has 0 amide bonds. The fourth-order valence-electron chi connectivity index (χ4n) is 2.32. The van der Waals surface area contributed by atoms with E-state index in [1.54, 1.807) is 11.3 Å². The molecule has 0 aliphatic carbocycles. The number of thiazole rings is 1. The average molecular weight is 304 g/mol. The van der Waals surface area contributed by atoms with E-state index < -0.39 is 0 Å². The van der Waals surface area contributed by atoms with Crippen molar-refractivity contribution in [2.45, 2.75) is 26.3 Å². The first-order valence-electron chi connectivity index (χ1n) is 7.36. The van der Waals surface area contributed by atoms with Gasteiger partial charge in [0.1, 0.15) is 5.01 Å². The molecule has 112 valence electrons. The van der Waals surface area contributed by atoms with Crippen molar-refractivity contribution in [3.05, 3.63) is 29.3 Å². The van der Waals surface area contributed by atoms with Crippen LogP contribution in [0.25, 0.3) is 10.6 Å². The molecule has 21 heavy (non-hydrogen) atoms. The third kappa shape index (κ3) is 3.19. The first-order chi connectivity index (χ1) is 10.3. The van der Waals surface area contributed by atoms with Crippen LogP contribution in [-0.2, 0) is 0 Å². The highest BCUT2D eigenvalue weighted by atomic mass is 32.1. The van der Waals surface area contributed by atoms with Crippen molar-refractivity contribution in [2.24, 2.45) is 0 Å². The smallest absolute Gasteiger partial charge is 0.161 e. The van der Waals surface area contributed by atoms with Gasteiger partial charge >= 0.3 is 0 Å². The lowest BCUT2D eigenvalue weighted by Crippen LogP contribution is -2.17. The summed E-state index contributed by atoms with van der Waals surface area (Å²) >= 11 is 1.67. The minimum absolute atomic E-state index is 0.278. The monoisotopic (exact) mass is 304 g/mol. The van der Waals surface area contributed by atoms with Crippen LogP contribution in [0.5, 0.6) is 11.5 Å². The van der Waals surface area contributed by atoms with E-state index in [1.165, 1.54) is 0 Å². The molecule has 0 saturated heterocycles. The van der Waals surface area contributed by atoms with Crippen LogP contribution >= 0.6 is 11.3 Å². The van der Waals surface area contributed by atoms with Crippen LogP contribution < -0.4 is 14.8 Å². The van der Waals surface area contributed by atoms with E-state index in [-0.39, 0.29) is 6.04 Å². The predicted molar refractivity (Wildman–Crippen MR) is 85.2 cm³/mol. The van der Waals surface area contributed by atoms with Gasteiger partial charge in [-0.2, -0.15) is 0 Å². The van der Waals surface area contributed by atoms with Crippen molar-refractivity contribution in [3.63, 3.8) is 0 Å². The molecule has 3 rings (SSSR count). The van der Waals surface area contributed by atoms with E-state index in [2.05, 4.69) is 24.5 Å². The highest BCUT2D eigenvalue weighted by molar-refractivity contribution is 7.13. The number of nitrogens with one attached hydrogen (secondary N) is 1. The van der Waals surface area contributed by atoms with Crippen molar-refractivity contribution >= 4 is 11.3 Å². The van der Waals surface area contributed by atoms with Crippen LogP contribution in [0.3, 0.4) is 0 Å². The molecule has 0 bridgehead atoms. The fraction of sp³-hybridized carbons (Fsp3) is 0.438. The zero-order valence-corrected chi connectivity index (χ0v) is 13.2. The number of aromatic nitrogens is 1. The second-order valence-electron chi connectivity index (χ2n) is 5.07. The lowest BCUT2D eigenvalue weighted by atomic mass is 10.2. The Morgan fingerprint density at radius 2 is 2.10 bits per heavy atom. The van der Waals surface area contributed by atoms with Gasteiger partial charge in [-0.25, -0.2) is 4.98 Å². The minimum Gasteiger partial charge on any atom is -0.490 e. The van der Waals surface area contributed by atoms with E-state index in [0.717, 1.165) is 40.7 Å². The molecule has 1 N–H and O–H groups in total. The van der Waals surface area contributed by atoms with Crippen molar-refractivity contribution in [3.8, 4) is 22.1 Å². The van der Waals surface area contributed by atoms with Crippen molar-refractivity contribution < 1.29 is 9.47 Å². The van der Waals surface area contributed by atoms with Gasteiger partial charge in [0.2, 0.25) is 0 Å². The summed E-state index contributed by atoms with van der Waals surface area (Å²) in [6.45, 7) is 6.60. The molecule has 0 spiro atoms. The Bertz CT molecular complexity index is 612. The largest absolute Gasteiger partial charge is 0.490 e. The summed E-state index contributed by atoms with van der Waals surface area (Å²) < 4.78 is 11.4. The van der Waals surface area contributed by atoms with Crippen LogP contribution in [0.2, 0.25) is 0 Å². The SMILES string of the molecule is CCNC(C)c1csc(-c2ccc3c(c2)OCCCO3)n1. The van der Waals surface area contributed by atoms with Crippen molar-refractivity contribution in [1.29, 1.82) is 0 Å². The number of nitrogens with zero attached hydrogens (tertiary/aromatic N) is 1. The molecule has 1 unspecified atom stereocenters. The van der Waals surface area contributed by atoms with Crippen molar-refractivity contribution in [1.82, 2.24) is 10.3 Å². The maximum atomic E-state index is 5.74. The Balaban J connectivity index is 1.85. The van der Waals surface area contributed by atoms with Gasteiger partial charge < -0.3 is 14.8 Å².